The van der Waals surface area contributed by atoms with Crippen molar-refractivity contribution in [1.29, 1.82) is 0 Å². The Morgan fingerprint density at radius 1 is 1.34 bits per heavy atom. The van der Waals surface area contributed by atoms with Gasteiger partial charge in [0.2, 0.25) is 5.91 Å². The van der Waals surface area contributed by atoms with Gasteiger partial charge in [-0.25, -0.2) is 9.55 Å². The Morgan fingerprint density at radius 2 is 1.86 bits per heavy atom. The minimum absolute atomic E-state index is 0.0445. The number of aldehydes is 1. The van der Waals surface area contributed by atoms with Crippen LogP contribution in [0.25, 0.3) is 5.57 Å². The normalized spacial score (nSPS) is 10.8. The minimum atomic E-state index is -3.05. The minimum Gasteiger partial charge on any atom is -0.326 e. The Morgan fingerprint density at radius 3 is 2.24 bits per heavy atom. The van der Waals surface area contributed by atoms with Gasteiger partial charge in [-0.2, -0.15) is 8.78 Å². The number of carbonyl (C=O) groups excluding carboxylic acids is 2. The van der Waals surface area contributed by atoms with Crippen LogP contribution in [0.3, 0.4) is 0 Å². The van der Waals surface area contributed by atoms with Crippen molar-refractivity contribution in [3.8, 4) is 0 Å². The van der Waals surface area contributed by atoms with E-state index in [1.165, 1.54) is 13.8 Å². The van der Waals surface area contributed by atoms with Crippen LogP contribution in [0.2, 0.25) is 5.02 Å². The van der Waals surface area contributed by atoms with Gasteiger partial charge in [0, 0.05) is 17.7 Å². The number of nitrogens with one attached hydrogen (secondary N) is 1. The molecule has 0 aliphatic carbocycles. The third-order valence-electron chi connectivity index (χ3n) is 3.57. The second kappa shape index (κ2) is 12.1. The highest BCUT2D eigenvalue weighted by Gasteiger charge is 2.21. The molecule has 1 aromatic heterocycles. The van der Waals surface area contributed by atoms with E-state index in [-0.39, 0.29) is 28.4 Å². The zero-order chi connectivity index (χ0) is 22.9. The molecule has 0 spiro atoms. The molecule has 0 unspecified atom stereocenters. The molecule has 0 aromatic carbocycles. The van der Waals surface area contributed by atoms with Crippen LogP contribution in [0.15, 0.2) is 34.3 Å². The summed E-state index contributed by atoms with van der Waals surface area (Å²) in [4.78, 5) is 36.8. The Bertz CT molecular complexity index is 899. The highest BCUT2D eigenvalue weighted by Crippen LogP contribution is 2.27. The topological polar surface area (TPSA) is 81.1 Å². The Hall–Kier alpha value is -2.61. The molecule has 1 heterocycles. The van der Waals surface area contributed by atoms with Crippen molar-refractivity contribution in [1.82, 2.24) is 14.9 Å². The number of amides is 1. The number of hydrogen-bond donors (Lipinski definition) is 1. The molecule has 160 valence electrons. The summed E-state index contributed by atoms with van der Waals surface area (Å²) in [6.45, 7) is 10.5. The van der Waals surface area contributed by atoms with Crippen LogP contribution in [0.5, 0.6) is 0 Å². The fourth-order valence-electron chi connectivity index (χ4n) is 2.11. The van der Waals surface area contributed by atoms with Crippen molar-refractivity contribution >= 4 is 29.4 Å². The van der Waals surface area contributed by atoms with E-state index in [9.17, 15) is 18.4 Å². The first-order valence-electron chi connectivity index (χ1n) is 8.74. The van der Waals surface area contributed by atoms with Crippen molar-refractivity contribution in [2.75, 3.05) is 0 Å². The summed E-state index contributed by atoms with van der Waals surface area (Å²) >= 11 is 6.03. The first kappa shape index (κ1) is 26.4. The Labute approximate surface area is 174 Å². The van der Waals surface area contributed by atoms with Gasteiger partial charge in [-0.3, -0.25) is 9.59 Å². The molecule has 0 bridgehead atoms. The zero-order valence-corrected chi connectivity index (χ0v) is 18.2. The number of rotatable bonds is 6. The van der Waals surface area contributed by atoms with E-state index in [0.29, 0.717) is 16.8 Å². The monoisotopic (exact) mass is 429 g/mol. The highest BCUT2D eigenvalue weighted by atomic mass is 35.5. The van der Waals surface area contributed by atoms with Crippen LogP contribution >= 0.6 is 11.6 Å². The summed E-state index contributed by atoms with van der Waals surface area (Å²) in [6.07, 6.45) is 2.63. The lowest BCUT2D eigenvalue weighted by molar-refractivity contribution is -0.120. The van der Waals surface area contributed by atoms with Gasteiger partial charge in [-0.15, -0.1) is 0 Å². The summed E-state index contributed by atoms with van der Waals surface area (Å²) < 4.78 is 26.3. The Balaban J connectivity index is 0.00000245. The molecule has 1 N–H and O–H groups in total. The van der Waals surface area contributed by atoms with E-state index in [1.807, 2.05) is 0 Å². The highest BCUT2D eigenvalue weighted by molar-refractivity contribution is 6.32. The van der Waals surface area contributed by atoms with Crippen LogP contribution in [0.1, 0.15) is 59.1 Å². The first-order chi connectivity index (χ1) is 13.4. The number of allylic oxidation sites excluding steroid dienone is 4. The number of halogens is 3. The molecule has 9 heteroatoms. The van der Waals surface area contributed by atoms with Crippen LogP contribution < -0.4 is 10.9 Å². The predicted molar refractivity (Wildman–Crippen MR) is 111 cm³/mol. The number of nitrogens with zero attached hydrogens (tertiary/aromatic N) is 2. The molecular weight excluding hydrogens is 404 g/mol. The smallest absolute Gasteiger partial charge is 0.322 e. The lowest BCUT2D eigenvalue weighted by Gasteiger charge is -2.15. The molecule has 0 fully saturated rings. The van der Waals surface area contributed by atoms with Crippen LogP contribution in [0.4, 0.5) is 8.78 Å². The molecular formula is C20H26ClF2N3O3. The number of carbonyl (C=O) groups is 2. The standard InChI is InChI=1S/C18H22ClF2N3O2.C2H4O/c1-7-14(25)23-13(10(4)5)8-12(9(2)3)16-15(19)17(26)24(18(20)21)11(6)22-16;1-2-3/h8,18H,2,7H2,1,3-6H3,(H,23,25);2H,1H3/b12-8+;. The number of hydrogen-bond acceptors (Lipinski definition) is 4. The quantitative estimate of drug-likeness (QED) is 0.530. The van der Waals surface area contributed by atoms with E-state index in [1.54, 1.807) is 33.8 Å². The number of aromatic nitrogens is 2. The number of aryl methyl sites for hydroxylation is 1. The average molecular weight is 430 g/mol. The fraction of sp³-hybridized carbons (Fsp3) is 0.400. The third-order valence-corrected chi connectivity index (χ3v) is 3.91. The van der Waals surface area contributed by atoms with Crippen molar-refractivity contribution in [2.45, 2.75) is 54.5 Å². The largest absolute Gasteiger partial charge is 0.326 e. The molecule has 1 aromatic rings. The van der Waals surface area contributed by atoms with Crippen molar-refractivity contribution in [3.05, 3.63) is 56.4 Å². The van der Waals surface area contributed by atoms with Crippen LogP contribution in [-0.4, -0.2) is 21.7 Å². The number of alkyl halides is 2. The summed E-state index contributed by atoms with van der Waals surface area (Å²) in [7, 11) is 0. The SMILES string of the molecule is C=C(C)/C(=C\C(NC(=O)CC)=C(C)C)c1nc(C)n(C(F)F)c(=O)c1Cl.CC=O. The summed E-state index contributed by atoms with van der Waals surface area (Å²) in [6, 6.07) is 0. The van der Waals surface area contributed by atoms with Crippen LogP contribution in [0, 0.1) is 6.92 Å². The Kier molecular flexibility index (Phi) is 11.0. The third kappa shape index (κ3) is 7.38. The molecule has 1 rings (SSSR count). The second-order valence-corrected chi connectivity index (χ2v) is 6.54. The van der Waals surface area contributed by atoms with Crippen molar-refractivity contribution in [2.24, 2.45) is 0 Å². The predicted octanol–water partition coefficient (Wildman–Crippen LogP) is 4.59. The second-order valence-electron chi connectivity index (χ2n) is 6.16. The summed E-state index contributed by atoms with van der Waals surface area (Å²) in [5.74, 6) is -0.366. The summed E-state index contributed by atoms with van der Waals surface area (Å²) in [5.41, 5.74) is 1.21. The van der Waals surface area contributed by atoms with Gasteiger partial charge in [-0.05, 0) is 46.3 Å². The first-order valence-corrected chi connectivity index (χ1v) is 9.12. The molecule has 0 radical (unpaired) electrons. The molecule has 6 nitrogen and oxygen atoms in total. The molecule has 29 heavy (non-hydrogen) atoms. The maximum atomic E-state index is 13.0. The maximum Gasteiger partial charge on any atom is 0.322 e. The van der Waals surface area contributed by atoms with E-state index in [4.69, 9.17) is 16.4 Å². The van der Waals surface area contributed by atoms with Gasteiger partial charge >= 0.3 is 6.55 Å². The van der Waals surface area contributed by atoms with Gasteiger partial charge in [0.15, 0.2) is 0 Å². The molecule has 0 atom stereocenters. The average Bonchev–Trinajstić information content (AvgIpc) is 2.61. The van der Waals surface area contributed by atoms with E-state index in [0.717, 1.165) is 11.9 Å². The molecule has 0 aliphatic heterocycles. The summed E-state index contributed by atoms with van der Waals surface area (Å²) in [5, 5.41) is 2.32. The van der Waals surface area contributed by atoms with Gasteiger partial charge in [-0.1, -0.05) is 30.7 Å². The van der Waals surface area contributed by atoms with E-state index < -0.39 is 17.1 Å². The molecule has 0 aliphatic rings. The van der Waals surface area contributed by atoms with E-state index in [2.05, 4.69) is 16.9 Å². The fourth-order valence-corrected chi connectivity index (χ4v) is 2.34. The maximum absolute atomic E-state index is 13.0. The van der Waals surface area contributed by atoms with Crippen molar-refractivity contribution in [3.63, 3.8) is 0 Å². The molecule has 1 amide bonds. The lowest BCUT2D eigenvalue weighted by atomic mass is 10.0. The van der Waals surface area contributed by atoms with Gasteiger partial charge in [0.05, 0.1) is 5.69 Å². The molecule has 0 saturated heterocycles. The van der Waals surface area contributed by atoms with Crippen molar-refractivity contribution < 1.29 is 18.4 Å². The zero-order valence-electron chi connectivity index (χ0n) is 17.4. The van der Waals surface area contributed by atoms with Gasteiger partial charge < -0.3 is 10.1 Å². The van der Waals surface area contributed by atoms with Gasteiger partial charge in [0.25, 0.3) is 5.56 Å². The van der Waals surface area contributed by atoms with Gasteiger partial charge in [0.1, 0.15) is 17.1 Å². The van der Waals surface area contributed by atoms with Crippen LogP contribution in [-0.2, 0) is 9.59 Å². The van der Waals surface area contributed by atoms with E-state index >= 15 is 0 Å². The lowest BCUT2D eigenvalue weighted by Crippen LogP contribution is -2.26. The molecule has 0 saturated carbocycles.